The van der Waals surface area contributed by atoms with Crippen LogP contribution in [0.2, 0.25) is 0 Å². The number of thiophene rings is 1. The third kappa shape index (κ3) is 4.21. The monoisotopic (exact) mass is 363 g/mol. The minimum atomic E-state index is 0.00940. The first-order valence-electron chi connectivity index (χ1n) is 8.93. The lowest BCUT2D eigenvalue weighted by Crippen LogP contribution is -2.45. The van der Waals surface area contributed by atoms with Crippen LogP contribution in [0.25, 0.3) is 0 Å². The Kier molecular flexibility index (Phi) is 5.73. The zero-order chi connectivity index (χ0) is 17.8. The van der Waals surface area contributed by atoms with Gasteiger partial charge in [-0.1, -0.05) is 6.07 Å². The summed E-state index contributed by atoms with van der Waals surface area (Å²) in [5, 5.41) is 1.91. The smallest absolute Gasteiger partial charge is 0.263 e. The summed E-state index contributed by atoms with van der Waals surface area (Å²) in [4.78, 5) is 43.1. The summed E-state index contributed by atoms with van der Waals surface area (Å²) in [6.07, 6.45) is 2.30. The van der Waals surface area contributed by atoms with Crippen LogP contribution < -0.4 is 0 Å². The first kappa shape index (κ1) is 17.9. The summed E-state index contributed by atoms with van der Waals surface area (Å²) in [5.41, 5.74) is 0. The summed E-state index contributed by atoms with van der Waals surface area (Å²) < 4.78 is 0. The number of amides is 3. The fourth-order valence-corrected chi connectivity index (χ4v) is 4.29. The van der Waals surface area contributed by atoms with E-state index in [0.29, 0.717) is 39.3 Å². The van der Waals surface area contributed by atoms with Gasteiger partial charge in [0.1, 0.15) is 0 Å². The molecule has 0 radical (unpaired) electrons. The van der Waals surface area contributed by atoms with Crippen molar-refractivity contribution in [3.63, 3.8) is 0 Å². The van der Waals surface area contributed by atoms with Crippen LogP contribution in [-0.2, 0) is 9.59 Å². The van der Waals surface area contributed by atoms with Gasteiger partial charge in [-0.3, -0.25) is 14.4 Å². The average Bonchev–Trinajstić information content (AvgIpc) is 3.05. The Morgan fingerprint density at radius 1 is 0.960 bits per heavy atom. The highest BCUT2D eigenvalue weighted by Crippen LogP contribution is 2.21. The van der Waals surface area contributed by atoms with Gasteiger partial charge in [0.25, 0.3) is 5.91 Å². The van der Waals surface area contributed by atoms with Crippen LogP contribution in [0, 0.1) is 5.92 Å². The highest BCUT2D eigenvalue weighted by molar-refractivity contribution is 7.12. The largest absolute Gasteiger partial charge is 0.343 e. The molecule has 6 nitrogen and oxygen atoms in total. The topological polar surface area (TPSA) is 60.9 Å². The van der Waals surface area contributed by atoms with E-state index in [-0.39, 0.29) is 23.6 Å². The van der Waals surface area contributed by atoms with Crippen molar-refractivity contribution in [1.82, 2.24) is 14.7 Å². The predicted octanol–water partition coefficient (Wildman–Crippen LogP) is 1.68. The van der Waals surface area contributed by atoms with Gasteiger partial charge in [-0.05, 0) is 30.7 Å². The van der Waals surface area contributed by atoms with Crippen molar-refractivity contribution in [2.24, 2.45) is 5.92 Å². The summed E-state index contributed by atoms with van der Waals surface area (Å²) in [6, 6.07) is 3.74. The van der Waals surface area contributed by atoms with Crippen LogP contribution >= 0.6 is 11.3 Å². The van der Waals surface area contributed by atoms with Gasteiger partial charge < -0.3 is 14.7 Å². The van der Waals surface area contributed by atoms with E-state index in [1.165, 1.54) is 11.3 Å². The molecule has 0 aliphatic carbocycles. The van der Waals surface area contributed by atoms with E-state index >= 15 is 0 Å². The minimum absolute atomic E-state index is 0.00940. The maximum atomic E-state index is 12.8. The number of likely N-dealkylation sites (tertiary alicyclic amines) is 1. The number of carbonyl (C=O) groups excluding carboxylic acids is 3. The van der Waals surface area contributed by atoms with Gasteiger partial charge >= 0.3 is 0 Å². The van der Waals surface area contributed by atoms with E-state index in [1.807, 2.05) is 32.2 Å². The van der Waals surface area contributed by atoms with Gasteiger partial charge in [0, 0.05) is 52.1 Å². The van der Waals surface area contributed by atoms with E-state index in [4.69, 9.17) is 0 Å². The lowest BCUT2D eigenvalue weighted by Gasteiger charge is -2.33. The lowest BCUT2D eigenvalue weighted by atomic mass is 9.95. The molecule has 0 aromatic carbocycles. The molecular formula is C18H25N3O3S. The van der Waals surface area contributed by atoms with Crippen molar-refractivity contribution in [3.05, 3.63) is 22.4 Å². The van der Waals surface area contributed by atoms with Crippen molar-refractivity contribution in [2.75, 3.05) is 39.3 Å². The summed E-state index contributed by atoms with van der Waals surface area (Å²) in [7, 11) is 0. The van der Waals surface area contributed by atoms with Gasteiger partial charge in [0.05, 0.1) is 4.88 Å². The summed E-state index contributed by atoms with van der Waals surface area (Å²) >= 11 is 1.46. The van der Waals surface area contributed by atoms with Crippen molar-refractivity contribution in [2.45, 2.75) is 26.2 Å². The second-order valence-electron chi connectivity index (χ2n) is 6.73. The molecule has 0 atom stereocenters. The molecule has 0 bridgehead atoms. The van der Waals surface area contributed by atoms with Crippen molar-refractivity contribution >= 4 is 29.1 Å². The highest BCUT2D eigenvalue weighted by atomic mass is 32.1. The summed E-state index contributed by atoms with van der Waals surface area (Å²) in [5.74, 6) is 0.353. The molecule has 2 saturated heterocycles. The van der Waals surface area contributed by atoms with Gasteiger partial charge in [0.2, 0.25) is 11.8 Å². The number of hydrogen-bond acceptors (Lipinski definition) is 4. The average molecular weight is 363 g/mol. The van der Waals surface area contributed by atoms with Crippen LogP contribution in [0.15, 0.2) is 17.5 Å². The quantitative estimate of drug-likeness (QED) is 0.803. The molecule has 2 aliphatic heterocycles. The van der Waals surface area contributed by atoms with E-state index in [1.54, 1.807) is 6.92 Å². The number of rotatable bonds is 2. The van der Waals surface area contributed by atoms with Crippen molar-refractivity contribution < 1.29 is 14.4 Å². The SMILES string of the molecule is CC(=O)N1CCC(C(=O)N2CCCN(C(=O)c3cccs3)CC2)CC1. The van der Waals surface area contributed by atoms with Gasteiger partial charge in [-0.25, -0.2) is 0 Å². The molecule has 136 valence electrons. The third-order valence-electron chi connectivity index (χ3n) is 5.12. The second-order valence-corrected chi connectivity index (χ2v) is 7.68. The van der Waals surface area contributed by atoms with E-state index < -0.39 is 0 Å². The molecule has 7 heteroatoms. The molecule has 25 heavy (non-hydrogen) atoms. The number of piperidine rings is 1. The second kappa shape index (κ2) is 7.99. The van der Waals surface area contributed by atoms with E-state index in [0.717, 1.165) is 24.1 Å². The van der Waals surface area contributed by atoms with Crippen LogP contribution in [0.4, 0.5) is 0 Å². The summed E-state index contributed by atoms with van der Waals surface area (Å²) in [6.45, 7) is 5.52. The fourth-order valence-electron chi connectivity index (χ4n) is 3.60. The Morgan fingerprint density at radius 3 is 2.28 bits per heavy atom. The number of carbonyl (C=O) groups is 3. The fraction of sp³-hybridized carbons (Fsp3) is 0.611. The van der Waals surface area contributed by atoms with Crippen LogP contribution in [0.3, 0.4) is 0 Å². The van der Waals surface area contributed by atoms with Gasteiger partial charge in [-0.15, -0.1) is 11.3 Å². The standard InChI is InChI=1S/C18H25N3O3S/c1-14(22)19-9-5-15(6-10-19)17(23)20-7-3-8-21(12-11-20)18(24)16-4-2-13-25-16/h2,4,13,15H,3,5-12H2,1H3. The molecule has 3 amide bonds. The Morgan fingerprint density at radius 2 is 1.64 bits per heavy atom. The Balaban J connectivity index is 1.53. The molecule has 1 aromatic rings. The first-order chi connectivity index (χ1) is 12.1. The molecule has 2 fully saturated rings. The molecule has 0 N–H and O–H groups in total. The van der Waals surface area contributed by atoms with Gasteiger partial charge in [0.15, 0.2) is 0 Å². The molecular weight excluding hydrogens is 338 g/mol. The molecule has 2 aliphatic rings. The maximum absolute atomic E-state index is 12.8. The van der Waals surface area contributed by atoms with Crippen molar-refractivity contribution in [1.29, 1.82) is 0 Å². The third-order valence-corrected chi connectivity index (χ3v) is 5.97. The normalized spacial score (nSPS) is 19.6. The number of nitrogens with zero attached hydrogens (tertiary/aromatic N) is 3. The lowest BCUT2D eigenvalue weighted by molar-refractivity contribution is -0.140. The van der Waals surface area contributed by atoms with E-state index in [9.17, 15) is 14.4 Å². The Bertz CT molecular complexity index is 624. The molecule has 1 aromatic heterocycles. The minimum Gasteiger partial charge on any atom is -0.343 e. The van der Waals surface area contributed by atoms with Crippen LogP contribution in [0.1, 0.15) is 35.9 Å². The zero-order valence-corrected chi connectivity index (χ0v) is 15.5. The highest BCUT2D eigenvalue weighted by Gasteiger charge is 2.31. The predicted molar refractivity (Wildman–Crippen MR) is 96.4 cm³/mol. The molecule has 0 unspecified atom stereocenters. The Hall–Kier alpha value is -1.89. The molecule has 0 spiro atoms. The Labute approximate surface area is 152 Å². The van der Waals surface area contributed by atoms with E-state index in [2.05, 4.69) is 0 Å². The molecule has 3 heterocycles. The van der Waals surface area contributed by atoms with Crippen LogP contribution in [-0.4, -0.2) is 71.7 Å². The first-order valence-corrected chi connectivity index (χ1v) is 9.81. The molecule has 0 saturated carbocycles. The maximum Gasteiger partial charge on any atom is 0.263 e. The van der Waals surface area contributed by atoms with Crippen LogP contribution in [0.5, 0.6) is 0 Å². The van der Waals surface area contributed by atoms with Crippen molar-refractivity contribution in [3.8, 4) is 0 Å². The number of hydrogen-bond donors (Lipinski definition) is 0. The molecule has 3 rings (SSSR count). The van der Waals surface area contributed by atoms with Gasteiger partial charge in [-0.2, -0.15) is 0 Å². The zero-order valence-electron chi connectivity index (χ0n) is 14.6.